The largest absolute Gasteiger partial charge is 0.381 e. The van der Waals surface area contributed by atoms with Crippen molar-refractivity contribution in [1.82, 2.24) is 20.0 Å². The quantitative estimate of drug-likeness (QED) is 0.720. The molecule has 7 nitrogen and oxygen atoms in total. The van der Waals surface area contributed by atoms with Crippen molar-refractivity contribution < 1.29 is 9.53 Å². The number of hydrogen-bond donors (Lipinski definition) is 1. The molecule has 178 valence electrons. The number of amides is 2. The number of urea groups is 1. The molecule has 1 saturated carbocycles. The second-order valence-corrected chi connectivity index (χ2v) is 10.4. The van der Waals surface area contributed by atoms with Crippen LogP contribution in [0.3, 0.4) is 0 Å². The molecular formula is C26H37N5O2. The third-order valence-corrected chi connectivity index (χ3v) is 8.33. The summed E-state index contributed by atoms with van der Waals surface area (Å²) in [5.74, 6) is 0.661. The minimum atomic E-state index is -0.160. The van der Waals surface area contributed by atoms with Gasteiger partial charge in [-0.05, 0) is 37.7 Å². The van der Waals surface area contributed by atoms with E-state index in [1.165, 1.54) is 12.0 Å². The topological polar surface area (TPSA) is 71.8 Å². The van der Waals surface area contributed by atoms with E-state index >= 15 is 0 Å². The summed E-state index contributed by atoms with van der Waals surface area (Å²) in [6, 6.07) is 14.5. The summed E-state index contributed by atoms with van der Waals surface area (Å²) in [7, 11) is 1.75. The lowest BCUT2D eigenvalue weighted by Crippen LogP contribution is -2.73. The van der Waals surface area contributed by atoms with Crippen molar-refractivity contribution in [2.24, 2.45) is 0 Å². The smallest absolute Gasteiger partial charge is 0.320 e. The van der Waals surface area contributed by atoms with Crippen molar-refractivity contribution in [3.05, 3.63) is 35.9 Å². The van der Waals surface area contributed by atoms with Gasteiger partial charge in [-0.15, -0.1) is 0 Å². The maximum absolute atomic E-state index is 13.0. The van der Waals surface area contributed by atoms with E-state index < -0.39 is 0 Å². The van der Waals surface area contributed by atoms with Gasteiger partial charge in [0, 0.05) is 64.4 Å². The first kappa shape index (κ1) is 22.6. The number of nitriles is 1. The van der Waals surface area contributed by atoms with Crippen LogP contribution >= 0.6 is 0 Å². The molecule has 0 bridgehead atoms. The van der Waals surface area contributed by atoms with Crippen LogP contribution in [0, 0.1) is 11.3 Å². The zero-order chi connectivity index (χ0) is 22.8. The fraction of sp³-hybridized carbons (Fsp3) is 0.692. The number of hydrogen-bond acceptors (Lipinski definition) is 5. The first-order valence-electron chi connectivity index (χ1n) is 12.6. The molecule has 0 spiro atoms. The summed E-state index contributed by atoms with van der Waals surface area (Å²) in [6.45, 7) is 4.90. The number of methoxy groups -OCH3 is 1. The van der Waals surface area contributed by atoms with Crippen LogP contribution in [-0.2, 0) is 4.74 Å². The number of carbonyl (C=O) groups excluding carboxylic acids is 1. The summed E-state index contributed by atoms with van der Waals surface area (Å²) in [6.07, 6.45) is 6.06. The average molecular weight is 452 g/mol. The Balaban J connectivity index is 1.09. The lowest BCUT2D eigenvalue weighted by molar-refractivity contribution is -0.0516. The fourth-order valence-corrected chi connectivity index (χ4v) is 6.12. The SMILES string of the molecule is COC1CCN(C(=O)N2CC(CC#N)(N3CCC(N[C@@H]4CC4c4ccccc4)CC3)C2)CC1. The van der Waals surface area contributed by atoms with Gasteiger partial charge in [0.25, 0.3) is 0 Å². The number of piperidine rings is 2. The zero-order valence-corrected chi connectivity index (χ0v) is 19.8. The molecule has 1 aromatic rings. The van der Waals surface area contributed by atoms with E-state index in [-0.39, 0.29) is 17.7 Å². The Hall–Kier alpha value is -2.14. The molecule has 3 saturated heterocycles. The van der Waals surface area contributed by atoms with Crippen molar-refractivity contribution in [3.8, 4) is 6.07 Å². The monoisotopic (exact) mass is 451 g/mol. The Morgan fingerprint density at radius 3 is 2.42 bits per heavy atom. The molecule has 1 aromatic carbocycles. The van der Waals surface area contributed by atoms with Gasteiger partial charge in [-0.2, -0.15) is 5.26 Å². The molecule has 7 heteroatoms. The van der Waals surface area contributed by atoms with Crippen LogP contribution in [0.15, 0.2) is 30.3 Å². The van der Waals surface area contributed by atoms with Gasteiger partial charge in [-0.1, -0.05) is 30.3 Å². The highest BCUT2D eigenvalue weighted by Crippen LogP contribution is 2.42. The summed E-state index contributed by atoms with van der Waals surface area (Å²) < 4.78 is 5.43. The molecule has 1 N–H and O–H groups in total. The molecule has 3 heterocycles. The van der Waals surface area contributed by atoms with Crippen LogP contribution in [0.1, 0.15) is 50.0 Å². The third kappa shape index (κ3) is 4.75. The molecule has 0 radical (unpaired) electrons. The molecule has 0 aromatic heterocycles. The van der Waals surface area contributed by atoms with Crippen molar-refractivity contribution in [3.63, 3.8) is 0 Å². The van der Waals surface area contributed by atoms with Crippen LogP contribution in [0.25, 0.3) is 0 Å². The fourth-order valence-electron chi connectivity index (χ4n) is 6.12. The Morgan fingerprint density at radius 2 is 1.79 bits per heavy atom. The van der Waals surface area contributed by atoms with Gasteiger partial charge in [0.2, 0.25) is 0 Å². The predicted molar refractivity (Wildman–Crippen MR) is 127 cm³/mol. The first-order valence-corrected chi connectivity index (χ1v) is 12.6. The maximum Gasteiger partial charge on any atom is 0.320 e. The van der Waals surface area contributed by atoms with Gasteiger partial charge >= 0.3 is 6.03 Å². The van der Waals surface area contributed by atoms with Crippen LogP contribution in [0.5, 0.6) is 0 Å². The van der Waals surface area contributed by atoms with E-state index in [0.717, 1.165) is 51.9 Å². The molecule has 5 rings (SSSR count). The lowest BCUT2D eigenvalue weighted by atomic mass is 9.83. The van der Waals surface area contributed by atoms with E-state index in [4.69, 9.17) is 4.74 Å². The predicted octanol–water partition coefficient (Wildman–Crippen LogP) is 2.80. The Labute approximate surface area is 197 Å². The van der Waals surface area contributed by atoms with Gasteiger partial charge < -0.3 is 19.9 Å². The zero-order valence-electron chi connectivity index (χ0n) is 19.8. The summed E-state index contributed by atoms with van der Waals surface area (Å²) in [5, 5.41) is 13.4. The third-order valence-electron chi connectivity index (χ3n) is 8.33. The van der Waals surface area contributed by atoms with Crippen LogP contribution < -0.4 is 5.32 Å². The molecule has 1 aliphatic carbocycles. The Morgan fingerprint density at radius 1 is 1.09 bits per heavy atom. The van der Waals surface area contributed by atoms with Gasteiger partial charge in [0.1, 0.15) is 0 Å². The molecule has 2 amide bonds. The van der Waals surface area contributed by atoms with Crippen molar-refractivity contribution >= 4 is 6.03 Å². The highest BCUT2D eigenvalue weighted by molar-refractivity contribution is 5.76. The summed E-state index contributed by atoms with van der Waals surface area (Å²) in [4.78, 5) is 19.4. The van der Waals surface area contributed by atoms with Crippen molar-refractivity contribution in [2.45, 2.75) is 68.2 Å². The first-order chi connectivity index (χ1) is 16.1. The summed E-state index contributed by atoms with van der Waals surface area (Å²) in [5.41, 5.74) is 1.29. The lowest BCUT2D eigenvalue weighted by Gasteiger charge is -2.57. The Kier molecular flexibility index (Phi) is 6.60. The molecule has 4 aliphatic rings. The number of benzene rings is 1. The van der Waals surface area contributed by atoms with Crippen LogP contribution in [0.4, 0.5) is 4.79 Å². The highest BCUT2D eigenvalue weighted by atomic mass is 16.5. The number of ether oxygens (including phenoxy) is 1. The number of carbonyl (C=O) groups is 1. The molecule has 3 aliphatic heterocycles. The molecule has 1 unspecified atom stereocenters. The van der Waals surface area contributed by atoms with Crippen molar-refractivity contribution in [2.75, 3.05) is 46.4 Å². The minimum absolute atomic E-state index is 0.135. The number of nitrogens with zero attached hydrogens (tertiary/aromatic N) is 4. The average Bonchev–Trinajstić information content (AvgIpc) is 3.61. The summed E-state index contributed by atoms with van der Waals surface area (Å²) >= 11 is 0. The Bertz CT molecular complexity index is 849. The molecule has 4 fully saturated rings. The van der Waals surface area contributed by atoms with Gasteiger partial charge in [-0.25, -0.2) is 4.79 Å². The molecule has 33 heavy (non-hydrogen) atoms. The number of rotatable bonds is 6. The molecular weight excluding hydrogens is 414 g/mol. The minimum Gasteiger partial charge on any atom is -0.381 e. The van der Waals surface area contributed by atoms with E-state index in [2.05, 4.69) is 46.6 Å². The van der Waals surface area contributed by atoms with Crippen LogP contribution in [-0.4, -0.2) is 90.8 Å². The maximum atomic E-state index is 13.0. The van der Waals surface area contributed by atoms with E-state index in [1.807, 2.05) is 9.80 Å². The number of likely N-dealkylation sites (tertiary alicyclic amines) is 3. The van der Waals surface area contributed by atoms with Crippen molar-refractivity contribution in [1.29, 1.82) is 5.26 Å². The second-order valence-electron chi connectivity index (χ2n) is 10.4. The van der Waals surface area contributed by atoms with Gasteiger partial charge in [-0.3, -0.25) is 4.90 Å². The number of nitrogens with one attached hydrogen (secondary N) is 1. The standard InChI is InChI=1S/C26H37N5O2/c1-33-22-9-13-29(14-10-22)25(32)30-18-26(19-30,11-12-27)31-15-7-21(8-16-31)28-24-17-23(24)20-5-3-2-4-6-20/h2-6,21-24,28H,7-11,13-19H2,1H3/t23?,24-/m1/s1. The highest BCUT2D eigenvalue weighted by Gasteiger charge is 2.51. The van der Waals surface area contributed by atoms with Gasteiger partial charge in [0.05, 0.1) is 24.1 Å². The second kappa shape index (κ2) is 9.61. The van der Waals surface area contributed by atoms with Crippen LogP contribution in [0.2, 0.25) is 0 Å². The van der Waals surface area contributed by atoms with E-state index in [0.29, 0.717) is 37.5 Å². The molecule has 2 atom stereocenters. The normalized spacial score (nSPS) is 28.2. The van der Waals surface area contributed by atoms with E-state index in [9.17, 15) is 10.1 Å². The van der Waals surface area contributed by atoms with E-state index in [1.54, 1.807) is 7.11 Å². The van der Waals surface area contributed by atoms with Gasteiger partial charge in [0.15, 0.2) is 0 Å².